The van der Waals surface area contributed by atoms with E-state index in [0.717, 1.165) is 5.56 Å². The fourth-order valence-corrected chi connectivity index (χ4v) is 2.06. The summed E-state index contributed by atoms with van der Waals surface area (Å²) in [6, 6.07) is 14.1. The number of carbonyl (C=O) groups is 1. The zero-order valence-corrected chi connectivity index (χ0v) is 13.0. The van der Waals surface area contributed by atoms with Crippen molar-refractivity contribution < 1.29 is 14.3 Å². The molecule has 3 nitrogen and oxygen atoms in total. The molecule has 0 unspecified atom stereocenters. The molecule has 110 valence electrons. The molecule has 21 heavy (non-hydrogen) atoms. The van der Waals surface area contributed by atoms with Crippen LogP contribution in [0, 0.1) is 0 Å². The summed E-state index contributed by atoms with van der Waals surface area (Å²) in [5.74, 6) is 0.856. The van der Waals surface area contributed by atoms with Crippen molar-refractivity contribution in [2.45, 2.75) is 19.3 Å². The van der Waals surface area contributed by atoms with Crippen LogP contribution in [0.2, 0.25) is 5.02 Å². The summed E-state index contributed by atoms with van der Waals surface area (Å²) < 4.78 is 10.5. The van der Waals surface area contributed by atoms with Gasteiger partial charge in [-0.2, -0.15) is 0 Å². The summed E-state index contributed by atoms with van der Waals surface area (Å²) in [7, 11) is 1.59. The summed E-state index contributed by atoms with van der Waals surface area (Å²) in [5.41, 5.74) is 0.0266. The first-order valence-corrected chi connectivity index (χ1v) is 6.93. The largest absolute Gasteiger partial charge is 0.497 e. The molecule has 0 saturated carbocycles. The molecule has 0 aliphatic carbocycles. The van der Waals surface area contributed by atoms with E-state index in [-0.39, 0.29) is 5.97 Å². The summed E-state index contributed by atoms with van der Waals surface area (Å²) in [4.78, 5) is 12.4. The first-order chi connectivity index (χ1) is 9.93. The van der Waals surface area contributed by atoms with E-state index in [0.29, 0.717) is 16.5 Å². The number of carbonyl (C=O) groups excluding carboxylic acids is 1. The summed E-state index contributed by atoms with van der Waals surface area (Å²) >= 11 is 5.98. The second kappa shape index (κ2) is 6.19. The third-order valence-electron chi connectivity index (χ3n) is 3.33. The SMILES string of the molecule is COc1ccc(OC(=O)C(C)(C)c2cccc(Cl)c2)cc1. The van der Waals surface area contributed by atoms with Gasteiger partial charge in [0.25, 0.3) is 0 Å². The highest BCUT2D eigenvalue weighted by molar-refractivity contribution is 6.30. The Hall–Kier alpha value is -2.00. The number of rotatable bonds is 4. The lowest BCUT2D eigenvalue weighted by Crippen LogP contribution is -2.33. The smallest absolute Gasteiger partial charge is 0.321 e. The van der Waals surface area contributed by atoms with Gasteiger partial charge in [-0.1, -0.05) is 23.7 Å². The molecule has 2 aromatic carbocycles. The van der Waals surface area contributed by atoms with Crippen LogP contribution in [0.25, 0.3) is 0 Å². The lowest BCUT2D eigenvalue weighted by molar-refractivity contribution is -0.139. The second-order valence-electron chi connectivity index (χ2n) is 5.20. The van der Waals surface area contributed by atoms with Crippen LogP contribution in [0.3, 0.4) is 0 Å². The van der Waals surface area contributed by atoms with Crippen LogP contribution in [-0.2, 0) is 10.2 Å². The Balaban J connectivity index is 2.17. The number of benzene rings is 2. The summed E-state index contributed by atoms with van der Waals surface area (Å²) in [5, 5.41) is 0.595. The second-order valence-corrected chi connectivity index (χ2v) is 5.64. The van der Waals surface area contributed by atoms with Crippen molar-refractivity contribution in [1.82, 2.24) is 0 Å². The average Bonchev–Trinajstić information content (AvgIpc) is 2.48. The fourth-order valence-electron chi connectivity index (χ4n) is 1.87. The number of ether oxygens (including phenoxy) is 2. The molecule has 0 fully saturated rings. The van der Waals surface area contributed by atoms with Gasteiger partial charge in [0.05, 0.1) is 12.5 Å². The molecule has 0 aromatic heterocycles. The zero-order chi connectivity index (χ0) is 15.5. The Morgan fingerprint density at radius 3 is 2.24 bits per heavy atom. The van der Waals surface area contributed by atoms with Crippen LogP contribution in [0.5, 0.6) is 11.5 Å². The number of hydrogen-bond acceptors (Lipinski definition) is 3. The molecule has 4 heteroatoms. The molecule has 0 N–H and O–H groups in total. The molecule has 0 heterocycles. The zero-order valence-electron chi connectivity index (χ0n) is 12.2. The minimum Gasteiger partial charge on any atom is -0.497 e. The summed E-state index contributed by atoms with van der Waals surface area (Å²) in [6.07, 6.45) is 0. The minimum atomic E-state index is -0.787. The monoisotopic (exact) mass is 304 g/mol. The number of esters is 1. The number of methoxy groups -OCH3 is 1. The van der Waals surface area contributed by atoms with Crippen molar-refractivity contribution in [3.05, 3.63) is 59.1 Å². The maximum absolute atomic E-state index is 12.4. The molecule has 2 aromatic rings. The van der Waals surface area contributed by atoms with Crippen molar-refractivity contribution in [2.24, 2.45) is 0 Å². The van der Waals surface area contributed by atoms with E-state index >= 15 is 0 Å². The molecule has 2 rings (SSSR count). The van der Waals surface area contributed by atoms with Gasteiger partial charge in [-0.3, -0.25) is 4.79 Å². The van der Waals surface area contributed by atoms with Gasteiger partial charge >= 0.3 is 5.97 Å². The van der Waals surface area contributed by atoms with E-state index in [9.17, 15) is 4.79 Å². The van der Waals surface area contributed by atoms with Crippen molar-refractivity contribution >= 4 is 17.6 Å². The van der Waals surface area contributed by atoms with Crippen LogP contribution in [0.4, 0.5) is 0 Å². The van der Waals surface area contributed by atoms with Crippen LogP contribution >= 0.6 is 11.6 Å². The number of hydrogen-bond donors (Lipinski definition) is 0. The van der Waals surface area contributed by atoms with Gasteiger partial charge in [0, 0.05) is 5.02 Å². The molecule has 0 saturated heterocycles. The first-order valence-electron chi connectivity index (χ1n) is 6.56. The van der Waals surface area contributed by atoms with Crippen LogP contribution < -0.4 is 9.47 Å². The van der Waals surface area contributed by atoms with Gasteiger partial charge in [-0.05, 0) is 55.8 Å². The van der Waals surface area contributed by atoms with Crippen LogP contribution in [0.15, 0.2) is 48.5 Å². The third kappa shape index (κ3) is 3.56. The van der Waals surface area contributed by atoms with Gasteiger partial charge in [0.15, 0.2) is 0 Å². The fraction of sp³-hybridized carbons (Fsp3) is 0.235. The first kappa shape index (κ1) is 15.4. The Labute approximate surface area is 129 Å². The van der Waals surface area contributed by atoms with E-state index in [1.807, 2.05) is 26.0 Å². The van der Waals surface area contributed by atoms with Crippen molar-refractivity contribution in [3.8, 4) is 11.5 Å². The maximum Gasteiger partial charge on any atom is 0.321 e. The van der Waals surface area contributed by atoms with Gasteiger partial charge in [-0.25, -0.2) is 0 Å². The molecule has 0 spiro atoms. The average molecular weight is 305 g/mol. The lowest BCUT2D eigenvalue weighted by Gasteiger charge is -2.23. The Bertz CT molecular complexity index is 633. The van der Waals surface area contributed by atoms with Gasteiger partial charge < -0.3 is 9.47 Å². The van der Waals surface area contributed by atoms with Gasteiger partial charge in [-0.15, -0.1) is 0 Å². The molecular formula is C17H17ClO3. The van der Waals surface area contributed by atoms with Crippen molar-refractivity contribution in [3.63, 3.8) is 0 Å². The quantitative estimate of drug-likeness (QED) is 0.626. The van der Waals surface area contributed by atoms with Crippen LogP contribution in [-0.4, -0.2) is 13.1 Å². The molecule has 0 radical (unpaired) electrons. The predicted molar refractivity (Wildman–Crippen MR) is 83.1 cm³/mol. The molecule has 0 atom stereocenters. The third-order valence-corrected chi connectivity index (χ3v) is 3.56. The molecule has 0 aliphatic rings. The Morgan fingerprint density at radius 1 is 1.05 bits per heavy atom. The standard InChI is InChI=1S/C17H17ClO3/c1-17(2,12-5-4-6-13(18)11-12)16(19)21-15-9-7-14(20-3)8-10-15/h4-11H,1-3H3. The predicted octanol–water partition coefficient (Wildman–Crippen LogP) is 4.23. The topological polar surface area (TPSA) is 35.5 Å². The highest BCUT2D eigenvalue weighted by atomic mass is 35.5. The molecule has 0 bridgehead atoms. The van der Waals surface area contributed by atoms with Crippen molar-refractivity contribution in [1.29, 1.82) is 0 Å². The van der Waals surface area contributed by atoms with E-state index < -0.39 is 5.41 Å². The normalized spacial score (nSPS) is 11.0. The van der Waals surface area contributed by atoms with E-state index in [2.05, 4.69) is 0 Å². The Morgan fingerprint density at radius 2 is 1.67 bits per heavy atom. The number of halogens is 1. The molecule has 0 aliphatic heterocycles. The Kier molecular flexibility index (Phi) is 4.53. The molecular weight excluding hydrogens is 288 g/mol. The highest BCUT2D eigenvalue weighted by Crippen LogP contribution is 2.28. The maximum atomic E-state index is 12.4. The van der Waals surface area contributed by atoms with Crippen molar-refractivity contribution in [2.75, 3.05) is 7.11 Å². The van der Waals surface area contributed by atoms with Gasteiger partial charge in [0.2, 0.25) is 0 Å². The van der Waals surface area contributed by atoms with E-state index in [1.165, 1.54) is 0 Å². The van der Waals surface area contributed by atoms with E-state index in [1.54, 1.807) is 43.5 Å². The highest BCUT2D eigenvalue weighted by Gasteiger charge is 2.32. The van der Waals surface area contributed by atoms with E-state index in [4.69, 9.17) is 21.1 Å². The minimum absolute atomic E-state index is 0.338. The lowest BCUT2D eigenvalue weighted by atomic mass is 9.85. The van der Waals surface area contributed by atoms with Gasteiger partial charge in [0.1, 0.15) is 11.5 Å². The van der Waals surface area contributed by atoms with Crippen LogP contribution in [0.1, 0.15) is 19.4 Å². The molecule has 0 amide bonds. The summed E-state index contributed by atoms with van der Waals surface area (Å²) in [6.45, 7) is 3.62.